The summed E-state index contributed by atoms with van der Waals surface area (Å²) in [6.45, 7) is 20.8. The SMILES string of the molecule is CCP(=O)(CC)CC(=O)OCC(C)(C)Cc1cc(C(C)(C)C)c(O)c(C(C)(C)C)c1. The maximum Gasteiger partial charge on any atom is 0.313 e. The molecule has 172 valence electrons. The third-order valence-electron chi connectivity index (χ3n) is 5.66. The standard InChI is InChI=1S/C25H43O4P/c1-11-30(28,12-2)16-21(26)29-17-25(9,10)15-18-13-19(23(3,4)5)22(27)20(14-18)24(6,7)8/h13-14,27H,11-12,15-17H2,1-10H3. The maximum atomic E-state index is 12.5. The van der Waals surface area contributed by atoms with Crippen LogP contribution in [-0.4, -0.2) is 36.2 Å². The van der Waals surface area contributed by atoms with Gasteiger partial charge in [0, 0.05) is 5.41 Å². The van der Waals surface area contributed by atoms with Gasteiger partial charge in [-0.25, -0.2) is 0 Å². The van der Waals surface area contributed by atoms with Gasteiger partial charge in [0.1, 0.15) is 5.75 Å². The number of carbonyl (C=O) groups excluding carboxylic acids is 1. The molecule has 0 saturated heterocycles. The number of aromatic hydroxyl groups is 1. The molecule has 1 aromatic carbocycles. The van der Waals surface area contributed by atoms with Crippen molar-refractivity contribution in [1.29, 1.82) is 0 Å². The number of ether oxygens (including phenoxy) is 1. The fourth-order valence-corrected chi connectivity index (χ4v) is 5.00. The zero-order chi connectivity index (χ0) is 23.5. The van der Waals surface area contributed by atoms with Crippen molar-refractivity contribution in [3.05, 3.63) is 28.8 Å². The molecule has 0 aliphatic heterocycles. The minimum absolute atomic E-state index is 0.0254. The quantitative estimate of drug-likeness (QED) is 0.372. The van der Waals surface area contributed by atoms with Crippen molar-refractivity contribution in [3.63, 3.8) is 0 Å². The lowest BCUT2D eigenvalue weighted by atomic mass is 9.76. The minimum atomic E-state index is -2.44. The number of carbonyl (C=O) groups is 1. The third kappa shape index (κ3) is 7.45. The number of esters is 1. The van der Waals surface area contributed by atoms with Crippen LogP contribution in [0.15, 0.2) is 12.1 Å². The van der Waals surface area contributed by atoms with Crippen LogP contribution in [0.4, 0.5) is 0 Å². The molecule has 1 aromatic rings. The summed E-state index contributed by atoms with van der Waals surface area (Å²) >= 11 is 0. The molecular formula is C25H43O4P. The number of phenols is 1. The highest BCUT2D eigenvalue weighted by molar-refractivity contribution is 7.64. The van der Waals surface area contributed by atoms with E-state index in [0.29, 0.717) is 24.5 Å². The van der Waals surface area contributed by atoms with Crippen LogP contribution in [0, 0.1) is 5.41 Å². The molecule has 30 heavy (non-hydrogen) atoms. The fraction of sp³-hybridized carbons (Fsp3) is 0.720. The van der Waals surface area contributed by atoms with E-state index < -0.39 is 7.14 Å². The summed E-state index contributed by atoms with van der Waals surface area (Å²) in [5.74, 6) is 0.00411. The Morgan fingerprint density at radius 2 is 1.37 bits per heavy atom. The van der Waals surface area contributed by atoms with E-state index in [9.17, 15) is 14.5 Å². The summed E-state index contributed by atoms with van der Waals surface area (Å²) in [5.41, 5.74) is 2.35. The summed E-state index contributed by atoms with van der Waals surface area (Å²) in [6.07, 6.45) is 1.80. The van der Waals surface area contributed by atoms with Crippen molar-refractivity contribution < 1.29 is 19.2 Å². The summed E-state index contributed by atoms with van der Waals surface area (Å²) in [5, 5.41) is 10.9. The first-order valence-electron chi connectivity index (χ1n) is 11.0. The molecule has 4 nitrogen and oxygen atoms in total. The largest absolute Gasteiger partial charge is 0.507 e. The molecule has 0 radical (unpaired) electrons. The first kappa shape index (κ1) is 26.8. The van der Waals surface area contributed by atoms with Gasteiger partial charge in [-0.2, -0.15) is 0 Å². The molecule has 0 aliphatic carbocycles. The van der Waals surface area contributed by atoms with Crippen molar-refractivity contribution in [2.24, 2.45) is 5.41 Å². The molecular weight excluding hydrogens is 395 g/mol. The highest BCUT2D eigenvalue weighted by Gasteiger charge is 2.29. The lowest BCUT2D eigenvalue weighted by Crippen LogP contribution is -2.26. The Hall–Kier alpha value is -1.28. The van der Waals surface area contributed by atoms with Gasteiger partial charge in [0.2, 0.25) is 0 Å². The molecule has 0 aromatic heterocycles. The zero-order valence-electron chi connectivity index (χ0n) is 20.8. The summed E-state index contributed by atoms with van der Waals surface area (Å²) < 4.78 is 18.1. The van der Waals surface area contributed by atoms with E-state index in [0.717, 1.165) is 16.7 Å². The maximum absolute atomic E-state index is 12.5. The Morgan fingerprint density at radius 1 is 0.933 bits per heavy atom. The van der Waals surface area contributed by atoms with Gasteiger partial charge in [0.15, 0.2) is 0 Å². The summed E-state index contributed by atoms with van der Waals surface area (Å²) in [7, 11) is -2.44. The first-order chi connectivity index (χ1) is 13.4. The average molecular weight is 439 g/mol. The van der Waals surface area contributed by atoms with E-state index in [1.165, 1.54) is 0 Å². The molecule has 0 saturated carbocycles. The van der Waals surface area contributed by atoms with Crippen molar-refractivity contribution >= 4 is 13.1 Å². The van der Waals surface area contributed by atoms with Crippen molar-refractivity contribution in [2.75, 3.05) is 25.1 Å². The zero-order valence-corrected chi connectivity index (χ0v) is 21.7. The Kier molecular flexibility index (Phi) is 8.44. The second-order valence-electron chi connectivity index (χ2n) is 11.4. The molecule has 1 N–H and O–H groups in total. The van der Waals surface area contributed by atoms with E-state index in [4.69, 9.17) is 4.74 Å². The van der Waals surface area contributed by atoms with Gasteiger partial charge < -0.3 is 14.4 Å². The van der Waals surface area contributed by atoms with E-state index in [1.54, 1.807) is 0 Å². The number of rotatable bonds is 8. The van der Waals surface area contributed by atoms with Crippen molar-refractivity contribution in [3.8, 4) is 5.75 Å². The predicted molar refractivity (Wildman–Crippen MR) is 128 cm³/mol. The van der Waals surface area contributed by atoms with Gasteiger partial charge in [-0.05, 0) is 46.3 Å². The van der Waals surface area contributed by atoms with Crippen LogP contribution < -0.4 is 0 Å². The molecule has 0 bridgehead atoms. The van der Waals surface area contributed by atoms with E-state index in [-0.39, 0.29) is 35.0 Å². The van der Waals surface area contributed by atoms with E-state index >= 15 is 0 Å². The average Bonchev–Trinajstić information content (AvgIpc) is 2.59. The van der Waals surface area contributed by atoms with Crippen LogP contribution in [0.3, 0.4) is 0 Å². The van der Waals surface area contributed by atoms with Gasteiger partial charge in [0.05, 0.1) is 19.9 Å². The predicted octanol–water partition coefficient (Wildman–Crippen LogP) is 6.50. The summed E-state index contributed by atoms with van der Waals surface area (Å²) in [4.78, 5) is 12.3. The van der Waals surface area contributed by atoms with E-state index in [1.807, 2.05) is 13.8 Å². The van der Waals surface area contributed by atoms with Gasteiger partial charge in [-0.1, -0.05) is 81.4 Å². The van der Waals surface area contributed by atoms with Gasteiger partial charge in [-0.15, -0.1) is 0 Å². The van der Waals surface area contributed by atoms with Crippen molar-refractivity contribution in [1.82, 2.24) is 0 Å². The Labute approximate surface area is 184 Å². The smallest absolute Gasteiger partial charge is 0.313 e. The molecule has 1 rings (SSSR count). The number of hydrogen-bond acceptors (Lipinski definition) is 4. The molecule has 0 amide bonds. The molecule has 5 heteroatoms. The molecule has 0 fully saturated rings. The Morgan fingerprint density at radius 3 is 1.73 bits per heavy atom. The fourth-order valence-electron chi connectivity index (χ4n) is 3.55. The normalized spacial score (nSPS) is 13.4. The lowest BCUT2D eigenvalue weighted by molar-refractivity contribution is -0.143. The molecule has 0 aliphatic rings. The van der Waals surface area contributed by atoms with Crippen LogP contribution in [0.2, 0.25) is 0 Å². The third-order valence-corrected chi connectivity index (χ3v) is 8.80. The molecule has 0 atom stereocenters. The van der Waals surface area contributed by atoms with Crippen LogP contribution >= 0.6 is 7.14 Å². The Balaban J connectivity index is 3.07. The summed E-state index contributed by atoms with van der Waals surface area (Å²) in [6, 6.07) is 4.16. The second kappa shape index (κ2) is 9.47. The minimum Gasteiger partial charge on any atom is -0.507 e. The highest BCUT2D eigenvalue weighted by atomic mass is 31.2. The molecule has 0 heterocycles. The molecule has 0 unspecified atom stereocenters. The van der Waals surface area contributed by atoms with Crippen molar-refractivity contribution in [2.45, 2.75) is 86.5 Å². The number of benzene rings is 1. The van der Waals surface area contributed by atoms with Gasteiger partial charge in [-0.3, -0.25) is 4.79 Å². The molecule has 0 spiro atoms. The van der Waals surface area contributed by atoms with Crippen LogP contribution in [-0.2, 0) is 31.3 Å². The first-order valence-corrected chi connectivity index (χ1v) is 13.3. The monoisotopic (exact) mass is 438 g/mol. The highest BCUT2D eigenvalue weighted by Crippen LogP contribution is 2.44. The van der Waals surface area contributed by atoms with Crippen LogP contribution in [0.1, 0.15) is 85.9 Å². The second-order valence-corrected chi connectivity index (χ2v) is 15.1. The Bertz CT molecular complexity index is 751. The number of hydrogen-bond donors (Lipinski definition) is 1. The van der Waals surface area contributed by atoms with E-state index in [2.05, 4.69) is 67.5 Å². The number of phenolic OH excluding ortho intramolecular Hbond substituents is 1. The van der Waals surface area contributed by atoms with Gasteiger partial charge in [0.25, 0.3) is 0 Å². The van der Waals surface area contributed by atoms with Crippen LogP contribution in [0.25, 0.3) is 0 Å². The lowest BCUT2D eigenvalue weighted by Gasteiger charge is -2.30. The van der Waals surface area contributed by atoms with Crippen LogP contribution in [0.5, 0.6) is 5.75 Å². The van der Waals surface area contributed by atoms with Gasteiger partial charge >= 0.3 is 5.97 Å². The topological polar surface area (TPSA) is 63.6 Å².